The second-order valence-electron chi connectivity index (χ2n) is 3.85. The number of nitro benzene ring substituents is 1. The van der Waals surface area contributed by atoms with Gasteiger partial charge >= 0.3 is 0 Å². The molecule has 0 aliphatic heterocycles. The molecule has 92 valence electrons. The summed E-state index contributed by atoms with van der Waals surface area (Å²) in [6, 6.07) is 3.87. The van der Waals surface area contributed by atoms with Gasteiger partial charge in [0.1, 0.15) is 0 Å². The number of halogens is 2. The van der Waals surface area contributed by atoms with Crippen LogP contribution in [-0.2, 0) is 4.79 Å². The van der Waals surface area contributed by atoms with Crippen molar-refractivity contribution in [2.75, 3.05) is 5.32 Å². The second kappa shape index (κ2) is 5.01. The summed E-state index contributed by atoms with van der Waals surface area (Å²) in [4.78, 5) is 21.7. The van der Waals surface area contributed by atoms with Crippen LogP contribution in [0.25, 0.3) is 0 Å². The minimum absolute atomic E-state index is 0.128. The first-order chi connectivity index (χ1) is 7.71. The fraction of sp³-hybridized carbons (Fsp3) is 0.300. The summed E-state index contributed by atoms with van der Waals surface area (Å²) in [6.45, 7) is 3.32. The maximum atomic E-state index is 11.7. The molecule has 0 atom stereocenters. The van der Waals surface area contributed by atoms with Gasteiger partial charge < -0.3 is 5.32 Å². The standard InChI is InChI=1S/C10H10BrClN2O3/c1-10(2,11)9(15)13-8-5-6(14(16)17)3-4-7(8)12/h3-5H,1-2H3,(H,13,15). The van der Waals surface area contributed by atoms with Gasteiger partial charge in [-0.25, -0.2) is 0 Å². The monoisotopic (exact) mass is 320 g/mol. The molecule has 0 saturated carbocycles. The SMILES string of the molecule is CC(C)(Br)C(=O)Nc1cc([N+](=O)[O-])ccc1Cl. The third kappa shape index (κ3) is 3.67. The molecule has 7 heteroatoms. The van der Waals surface area contributed by atoms with Crippen molar-refractivity contribution in [2.45, 2.75) is 18.2 Å². The van der Waals surface area contributed by atoms with Crippen molar-refractivity contribution in [1.29, 1.82) is 0 Å². The first-order valence-electron chi connectivity index (χ1n) is 4.66. The van der Waals surface area contributed by atoms with Gasteiger partial charge in [-0.15, -0.1) is 0 Å². The summed E-state index contributed by atoms with van der Waals surface area (Å²) >= 11 is 9.03. The molecule has 0 heterocycles. The summed E-state index contributed by atoms with van der Waals surface area (Å²) in [6.07, 6.45) is 0. The van der Waals surface area contributed by atoms with Crippen molar-refractivity contribution in [3.63, 3.8) is 0 Å². The zero-order chi connectivity index (χ0) is 13.2. The van der Waals surface area contributed by atoms with Gasteiger partial charge in [0, 0.05) is 12.1 Å². The Balaban J connectivity index is 3.02. The van der Waals surface area contributed by atoms with Gasteiger partial charge in [-0.05, 0) is 19.9 Å². The Kier molecular flexibility index (Phi) is 4.11. The molecule has 0 radical (unpaired) electrons. The van der Waals surface area contributed by atoms with Crippen LogP contribution in [0.4, 0.5) is 11.4 Å². The van der Waals surface area contributed by atoms with Crippen LogP contribution in [0.5, 0.6) is 0 Å². The molecule has 5 nitrogen and oxygen atoms in total. The van der Waals surface area contributed by atoms with Crippen molar-refractivity contribution >= 4 is 44.8 Å². The molecule has 0 saturated heterocycles. The summed E-state index contributed by atoms with van der Waals surface area (Å²) in [5.41, 5.74) is 0.0930. The van der Waals surface area contributed by atoms with Gasteiger partial charge in [0.15, 0.2) is 0 Å². The molecular formula is C10H10BrClN2O3. The van der Waals surface area contributed by atoms with Crippen LogP contribution in [0, 0.1) is 10.1 Å². The molecule has 1 aromatic rings. The second-order valence-corrected chi connectivity index (χ2v) is 6.24. The maximum Gasteiger partial charge on any atom is 0.271 e. The highest BCUT2D eigenvalue weighted by atomic mass is 79.9. The lowest BCUT2D eigenvalue weighted by Crippen LogP contribution is -2.31. The van der Waals surface area contributed by atoms with Gasteiger partial charge in [0.05, 0.1) is 20.0 Å². The quantitative estimate of drug-likeness (QED) is 0.527. The minimum Gasteiger partial charge on any atom is -0.323 e. The van der Waals surface area contributed by atoms with Gasteiger partial charge in [-0.1, -0.05) is 27.5 Å². The molecule has 1 rings (SSSR count). The fourth-order valence-corrected chi connectivity index (χ4v) is 1.26. The Bertz CT molecular complexity index is 471. The lowest BCUT2D eigenvalue weighted by atomic mass is 10.2. The molecule has 0 aliphatic carbocycles. The number of benzene rings is 1. The van der Waals surface area contributed by atoms with E-state index in [-0.39, 0.29) is 22.3 Å². The minimum atomic E-state index is -0.777. The summed E-state index contributed by atoms with van der Waals surface area (Å²) in [5, 5.41) is 13.4. The van der Waals surface area contributed by atoms with E-state index >= 15 is 0 Å². The van der Waals surface area contributed by atoms with Gasteiger partial charge in [-0.2, -0.15) is 0 Å². The van der Waals surface area contributed by atoms with Gasteiger partial charge in [-0.3, -0.25) is 14.9 Å². The number of hydrogen-bond acceptors (Lipinski definition) is 3. The Morgan fingerprint density at radius 1 is 1.53 bits per heavy atom. The first-order valence-corrected chi connectivity index (χ1v) is 5.83. The summed E-state index contributed by atoms with van der Waals surface area (Å²) < 4.78 is -0.777. The van der Waals surface area contributed by atoms with E-state index in [1.54, 1.807) is 13.8 Å². The Morgan fingerprint density at radius 3 is 2.59 bits per heavy atom. The molecular weight excluding hydrogens is 311 g/mol. The van der Waals surface area contributed by atoms with E-state index in [2.05, 4.69) is 21.2 Å². The van der Waals surface area contributed by atoms with Crippen molar-refractivity contribution in [1.82, 2.24) is 0 Å². The third-order valence-electron chi connectivity index (χ3n) is 1.95. The van der Waals surface area contributed by atoms with E-state index < -0.39 is 9.25 Å². The normalized spacial score (nSPS) is 11.1. The van der Waals surface area contributed by atoms with Crippen LogP contribution >= 0.6 is 27.5 Å². The number of nitro groups is 1. The number of carbonyl (C=O) groups excluding carboxylic acids is 1. The zero-order valence-electron chi connectivity index (χ0n) is 9.16. The van der Waals surface area contributed by atoms with E-state index in [0.29, 0.717) is 0 Å². The Hall–Kier alpha value is -1.14. The lowest BCUT2D eigenvalue weighted by molar-refractivity contribution is -0.384. The number of nitrogens with zero attached hydrogens (tertiary/aromatic N) is 1. The molecule has 0 aliphatic rings. The molecule has 0 aromatic heterocycles. The number of alkyl halides is 1. The average molecular weight is 322 g/mol. The largest absolute Gasteiger partial charge is 0.323 e. The number of amides is 1. The van der Waals surface area contributed by atoms with E-state index in [4.69, 9.17) is 11.6 Å². The highest BCUT2D eigenvalue weighted by Crippen LogP contribution is 2.28. The molecule has 1 aromatic carbocycles. The third-order valence-corrected chi connectivity index (χ3v) is 2.64. The number of nitrogens with one attached hydrogen (secondary N) is 1. The molecule has 17 heavy (non-hydrogen) atoms. The van der Waals surface area contributed by atoms with Crippen molar-refractivity contribution in [2.24, 2.45) is 0 Å². The average Bonchev–Trinajstić information content (AvgIpc) is 2.19. The Labute approximate surface area is 111 Å². The van der Waals surface area contributed by atoms with Crippen LogP contribution in [-0.4, -0.2) is 15.2 Å². The Morgan fingerprint density at radius 2 is 2.12 bits per heavy atom. The first kappa shape index (κ1) is 13.9. The van der Waals surface area contributed by atoms with E-state index in [9.17, 15) is 14.9 Å². The number of hydrogen-bond donors (Lipinski definition) is 1. The molecule has 0 spiro atoms. The lowest BCUT2D eigenvalue weighted by Gasteiger charge is -2.16. The van der Waals surface area contributed by atoms with Crippen LogP contribution in [0.3, 0.4) is 0 Å². The van der Waals surface area contributed by atoms with Crippen LogP contribution in [0.1, 0.15) is 13.8 Å². The fourth-order valence-electron chi connectivity index (χ4n) is 0.994. The summed E-state index contributed by atoms with van der Waals surface area (Å²) in [7, 11) is 0. The van der Waals surface area contributed by atoms with E-state index in [1.165, 1.54) is 18.2 Å². The highest BCUT2D eigenvalue weighted by molar-refractivity contribution is 9.10. The zero-order valence-corrected chi connectivity index (χ0v) is 11.5. The molecule has 0 bridgehead atoms. The number of anilines is 1. The number of rotatable bonds is 3. The van der Waals surface area contributed by atoms with E-state index in [1.807, 2.05) is 0 Å². The van der Waals surface area contributed by atoms with Crippen molar-refractivity contribution in [3.8, 4) is 0 Å². The number of non-ortho nitro benzene ring substituents is 1. The molecule has 1 amide bonds. The van der Waals surface area contributed by atoms with Gasteiger partial charge in [0.25, 0.3) is 5.69 Å². The topological polar surface area (TPSA) is 72.2 Å². The van der Waals surface area contributed by atoms with Crippen molar-refractivity contribution < 1.29 is 9.72 Å². The molecule has 0 fully saturated rings. The number of carbonyl (C=O) groups is 1. The van der Waals surface area contributed by atoms with Crippen LogP contribution in [0.15, 0.2) is 18.2 Å². The maximum absolute atomic E-state index is 11.7. The predicted molar refractivity (Wildman–Crippen MR) is 69.7 cm³/mol. The van der Waals surface area contributed by atoms with Crippen molar-refractivity contribution in [3.05, 3.63) is 33.3 Å². The van der Waals surface area contributed by atoms with E-state index in [0.717, 1.165) is 0 Å². The van der Waals surface area contributed by atoms with Crippen LogP contribution in [0.2, 0.25) is 5.02 Å². The molecule has 0 unspecified atom stereocenters. The predicted octanol–water partition coefficient (Wildman–Crippen LogP) is 3.36. The summed E-state index contributed by atoms with van der Waals surface area (Å²) in [5.74, 6) is -0.333. The molecule has 1 N–H and O–H groups in total. The van der Waals surface area contributed by atoms with Gasteiger partial charge in [0.2, 0.25) is 5.91 Å². The van der Waals surface area contributed by atoms with Crippen LogP contribution < -0.4 is 5.32 Å². The highest BCUT2D eigenvalue weighted by Gasteiger charge is 2.24. The smallest absolute Gasteiger partial charge is 0.271 e.